The summed E-state index contributed by atoms with van der Waals surface area (Å²) in [5, 5.41) is 3.59. The molecule has 1 aliphatic carbocycles. The zero-order valence-electron chi connectivity index (χ0n) is 11.0. The normalized spacial score (nSPS) is 25.2. The van der Waals surface area contributed by atoms with Gasteiger partial charge >= 0.3 is 0 Å². The lowest BCUT2D eigenvalue weighted by molar-refractivity contribution is -0.119. The van der Waals surface area contributed by atoms with E-state index in [9.17, 15) is 4.79 Å². The SMILES string of the molecule is C[C@H]1C[C@@H]1c1ccc(CCC(=O)NC2=NCCS2)o1. The molecule has 19 heavy (non-hydrogen) atoms. The number of hydrogen-bond acceptors (Lipinski definition) is 4. The smallest absolute Gasteiger partial charge is 0.226 e. The Morgan fingerprint density at radius 1 is 1.58 bits per heavy atom. The van der Waals surface area contributed by atoms with Gasteiger partial charge < -0.3 is 9.73 Å². The van der Waals surface area contributed by atoms with Crippen molar-refractivity contribution in [2.24, 2.45) is 10.9 Å². The molecule has 1 N–H and O–H groups in total. The van der Waals surface area contributed by atoms with E-state index in [2.05, 4.69) is 23.3 Å². The Bertz CT molecular complexity index is 509. The van der Waals surface area contributed by atoms with Crippen LogP contribution < -0.4 is 5.32 Å². The first-order valence-electron chi connectivity index (χ1n) is 6.78. The van der Waals surface area contributed by atoms with Gasteiger partial charge in [-0.05, 0) is 24.5 Å². The molecule has 2 heterocycles. The maximum Gasteiger partial charge on any atom is 0.226 e. The Morgan fingerprint density at radius 2 is 2.42 bits per heavy atom. The number of rotatable bonds is 4. The van der Waals surface area contributed by atoms with Crippen LogP contribution in [0.4, 0.5) is 0 Å². The van der Waals surface area contributed by atoms with Crippen LogP contribution in [0.5, 0.6) is 0 Å². The molecule has 2 atom stereocenters. The zero-order chi connectivity index (χ0) is 13.2. The molecule has 102 valence electrons. The first-order valence-corrected chi connectivity index (χ1v) is 7.76. The Balaban J connectivity index is 1.46. The van der Waals surface area contributed by atoms with Crippen molar-refractivity contribution in [3.05, 3.63) is 23.7 Å². The first-order chi connectivity index (χ1) is 9.22. The Kier molecular flexibility index (Phi) is 3.64. The molecule has 0 spiro atoms. The molecule has 1 amide bonds. The van der Waals surface area contributed by atoms with Crippen molar-refractivity contribution in [2.45, 2.75) is 32.1 Å². The molecule has 1 fully saturated rings. The van der Waals surface area contributed by atoms with Gasteiger partial charge in [-0.2, -0.15) is 0 Å². The van der Waals surface area contributed by atoms with E-state index in [-0.39, 0.29) is 5.91 Å². The summed E-state index contributed by atoms with van der Waals surface area (Å²) in [6.45, 7) is 3.04. The van der Waals surface area contributed by atoms with Gasteiger partial charge in [0.15, 0.2) is 5.17 Å². The fourth-order valence-electron chi connectivity index (χ4n) is 2.28. The van der Waals surface area contributed by atoms with E-state index in [1.54, 1.807) is 11.8 Å². The summed E-state index contributed by atoms with van der Waals surface area (Å²) in [7, 11) is 0. The number of carbonyl (C=O) groups is 1. The van der Waals surface area contributed by atoms with Crippen molar-refractivity contribution >= 4 is 22.8 Å². The monoisotopic (exact) mass is 278 g/mol. The molecule has 0 aromatic carbocycles. The summed E-state index contributed by atoms with van der Waals surface area (Å²) in [5.41, 5.74) is 0. The van der Waals surface area contributed by atoms with Gasteiger partial charge in [0.05, 0.1) is 6.54 Å². The number of nitrogens with zero attached hydrogens (tertiary/aromatic N) is 1. The molecule has 5 heteroatoms. The van der Waals surface area contributed by atoms with Gasteiger partial charge in [-0.15, -0.1) is 0 Å². The van der Waals surface area contributed by atoms with Crippen molar-refractivity contribution in [3.8, 4) is 0 Å². The molecule has 3 rings (SSSR count). The molecule has 0 radical (unpaired) electrons. The molecule has 0 saturated heterocycles. The lowest BCUT2D eigenvalue weighted by Crippen LogP contribution is -2.27. The van der Waals surface area contributed by atoms with Crippen LogP contribution in [0.2, 0.25) is 0 Å². The summed E-state index contributed by atoms with van der Waals surface area (Å²) >= 11 is 1.60. The van der Waals surface area contributed by atoms with E-state index in [0.29, 0.717) is 18.8 Å². The van der Waals surface area contributed by atoms with Crippen LogP contribution in [0.15, 0.2) is 21.5 Å². The standard InChI is InChI=1S/C14H18N2O2S/c1-9-8-11(9)12-4-2-10(18-12)3-5-13(17)16-14-15-6-7-19-14/h2,4,9,11H,3,5-8H2,1H3,(H,15,16,17)/t9-,11-/m0/s1. The van der Waals surface area contributed by atoms with E-state index in [1.165, 1.54) is 6.42 Å². The highest BCUT2D eigenvalue weighted by atomic mass is 32.2. The number of amides is 1. The van der Waals surface area contributed by atoms with E-state index in [4.69, 9.17) is 4.42 Å². The van der Waals surface area contributed by atoms with Gasteiger partial charge in [-0.3, -0.25) is 9.79 Å². The van der Waals surface area contributed by atoms with Crippen molar-refractivity contribution in [1.82, 2.24) is 5.32 Å². The first kappa shape index (κ1) is 12.8. The Labute approximate surface area is 117 Å². The summed E-state index contributed by atoms with van der Waals surface area (Å²) in [6, 6.07) is 4.05. The highest BCUT2D eigenvalue weighted by molar-refractivity contribution is 8.14. The average Bonchev–Trinajstić information content (AvgIpc) is 2.87. The van der Waals surface area contributed by atoms with Gasteiger partial charge in [0.2, 0.25) is 5.91 Å². The molecule has 4 nitrogen and oxygen atoms in total. The van der Waals surface area contributed by atoms with E-state index < -0.39 is 0 Å². The highest BCUT2D eigenvalue weighted by Crippen LogP contribution is 2.47. The second-order valence-electron chi connectivity index (χ2n) is 5.21. The number of furan rings is 1. The summed E-state index contributed by atoms with van der Waals surface area (Å²) in [4.78, 5) is 15.9. The van der Waals surface area contributed by atoms with Crippen molar-refractivity contribution in [3.63, 3.8) is 0 Å². The third-order valence-corrected chi connectivity index (χ3v) is 4.48. The van der Waals surface area contributed by atoms with Crippen molar-refractivity contribution in [2.75, 3.05) is 12.3 Å². The quantitative estimate of drug-likeness (QED) is 0.921. The van der Waals surface area contributed by atoms with Gasteiger partial charge in [0.25, 0.3) is 0 Å². The maximum atomic E-state index is 11.7. The number of nitrogens with one attached hydrogen (secondary N) is 1. The van der Waals surface area contributed by atoms with Gasteiger partial charge in [-0.25, -0.2) is 0 Å². The lowest BCUT2D eigenvalue weighted by Gasteiger charge is -2.02. The van der Waals surface area contributed by atoms with E-state index in [0.717, 1.165) is 34.9 Å². The number of carbonyl (C=O) groups excluding carboxylic acids is 1. The number of thioether (sulfide) groups is 1. The molecule has 0 unspecified atom stereocenters. The minimum absolute atomic E-state index is 0.0193. The molecular weight excluding hydrogens is 260 g/mol. The van der Waals surface area contributed by atoms with Crippen LogP contribution in [0.1, 0.15) is 37.2 Å². The second-order valence-corrected chi connectivity index (χ2v) is 6.29. The molecular formula is C14H18N2O2S. The lowest BCUT2D eigenvalue weighted by atomic mass is 10.2. The minimum Gasteiger partial charge on any atom is -0.466 e. The molecule has 2 aliphatic rings. The minimum atomic E-state index is 0.0193. The maximum absolute atomic E-state index is 11.7. The molecule has 0 bridgehead atoms. The predicted octanol–water partition coefficient (Wildman–Crippen LogP) is 2.55. The Hall–Kier alpha value is -1.23. The van der Waals surface area contributed by atoms with E-state index >= 15 is 0 Å². The molecule has 1 saturated carbocycles. The summed E-state index contributed by atoms with van der Waals surface area (Å²) in [6.07, 6.45) is 2.34. The van der Waals surface area contributed by atoms with Gasteiger partial charge in [0, 0.05) is 24.5 Å². The van der Waals surface area contributed by atoms with Crippen LogP contribution in [0, 0.1) is 5.92 Å². The number of hydrogen-bond donors (Lipinski definition) is 1. The van der Waals surface area contributed by atoms with Crippen LogP contribution in [0.25, 0.3) is 0 Å². The molecule has 1 aliphatic heterocycles. The van der Waals surface area contributed by atoms with Crippen molar-refractivity contribution < 1.29 is 9.21 Å². The largest absolute Gasteiger partial charge is 0.466 e. The zero-order valence-corrected chi connectivity index (χ0v) is 11.8. The third kappa shape index (κ3) is 3.21. The van der Waals surface area contributed by atoms with Crippen molar-refractivity contribution in [1.29, 1.82) is 0 Å². The van der Waals surface area contributed by atoms with Crippen LogP contribution in [-0.2, 0) is 11.2 Å². The second kappa shape index (κ2) is 5.41. The van der Waals surface area contributed by atoms with Crippen LogP contribution >= 0.6 is 11.8 Å². The van der Waals surface area contributed by atoms with Gasteiger partial charge in [0.1, 0.15) is 11.5 Å². The fraction of sp³-hybridized carbons (Fsp3) is 0.571. The number of amidine groups is 1. The fourth-order valence-corrected chi connectivity index (χ4v) is 3.02. The molecule has 1 aromatic heterocycles. The predicted molar refractivity (Wildman–Crippen MR) is 76.5 cm³/mol. The number of aliphatic imine (C=N–C) groups is 1. The van der Waals surface area contributed by atoms with E-state index in [1.807, 2.05) is 6.07 Å². The van der Waals surface area contributed by atoms with Gasteiger partial charge in [-0.1, -0.05) is 18.7 Å². The average molecular weight is 278 g/mol. The number of aryl methyl sites for hydroxylation is 1. The van der Waals surface area contributed by atoms with Crippen LogP contribution in [-0.4, -0.2) is 23.4 Å². The Morgan fingerprint density at radius 3 is 3.11 bits per heavy atom. The molecule has 1 aromatic rings. The van der Waals surface area contributed by atoms with Crippen LogP contribution in [0.3, 0.4) is 0 Å². The topological polar surface area (TPSA) is 54.6 Å². The summed E-state index contributed by atoms with van der Waals surface area (Å²) in [5.74, 6) is 4.33. The third-order valence-electron chi connectivity index (χ3n) is 3.59. The highest BCUT2D eigenvalue weighted by Gasteiger charge is 2.36. The summed E-state index contributed by atoms with van der Waals surface area (Å²) < 4.78 is 5.78.